The summed E-state index contributed by atoms with van der Waals surface area (Å²) >= 11 is 0. The summed E-state index contributed by atoms with van der Waals surface area (Å²) in [7, 11) is 3.19. The Morgan fingerprint density at radius 3 is 2.53 bits per heavy atom. The van der Waals surface area contributed by atoms with E-state index in [1.807, 2.05) is 30.3 Å². The summed E-state index contributed by atoms with van der Waals surface area (Å²) in [6.07, 6.45) is 0.702. The molecule has 0 radical (unpaired) electrons. The molecule has 0 unspecified atom stereocenters. The number of rotatable bonds is 6. The highest BCUT2D eigenvalue weighted by Crippen LogP contribution is 2.33. The van der Waals surface area contributed by atoms with Gasteiger partial charge < -0.3 is 34.5 Å². The Balaban J connectivity index is 1.31. The maximum absolute atomic E-state index is 12.8. The molecule has 9 heteroatoms. The molecule has 170 valence electrons. The molecular weight excluding hydrogens is 414 g/mol. The van der Waals surface area contributed by atoms with Gasteiger partial charge in [-0.2, -0.15) is 0 Å². The molecule has 2 heterocycles. The van der Waals surface area contributed by atoms with Gasteiger partial charge in [-0.05, 0) is 54.3 Å². The fraction of sp³-hybridized carbons (Fsp3) is 0.391. The van der Waals surface area contributed by atoms with Crippen molar-refractivity contribution in [1.82, 2.24) is 15.5 Å². The Morgan fingerprint density at radius 1 is 1.06 bits per heavy atom. The number of hydrogen-bond acceptors (Lipinski definition) is 6. The number of amides is 3. The van der Waals surface area contributed by atoms with Gasteiger partial charge in [0.15, 0.2) is 23.0 Å². The Bertz CT molecular complexity index is 1030. The van der Waals surface area contributed by atoms with Crippen LogP contribution in [0.3, 0.4) is 0 Å². The summed E-state index contributed by atoms with van der Waals surface area (Å²) in [6.45, 7) is 3.19. The van der Waals surface area contributed by atoms with Crippen LogP contribution in [-0.4, -0.2) is 50.4 Å². The van der Waals surface area contributed by atoms with E-state index >= 15 is 0 Å². The van der Waals surface area contributed by atoms with Gasteiger partial charge in [0.25, 0.3) is 0 Å². The van der Waals surface area contributed by atoms with Crippen LogP contribution in [0, 0.1) is 0 Å². The summed E-state index contributed by atoms with van der Waals surface area (Å²) in [5.74, 6) is 2.40. The van der Waals surface area contributed by atoms with Gasteiger partial charge in [-0.15, -0.1) is 0 Å². The number of urea groups is 1. The van der Waals surface area contributed by atoms with Crippen molar-refractivity contribution in [2.24, 2.45) is 0 Å². The smallest absolute Gasteiger partial charge is 0.318 e. The molecule has 0 spiro atoms. The summed E-state index contributed by atoms with van der Waals surface area (Å²) in [5.41, 5.74) is 3.02. The van der Waals surface area contributed by atoms with Crippen LogP contribution >= 0.6 is 0 Å². The Kier molecular flexibility index (Phi) is 6.25. The lowest BCUT2D eigenvalue weighted by atomic mass is 9.99. The highest BCUT2D eigenvalue weighted by atomic mass is 16.7. The standard InChI is InChI=1S/C23H27N3O6/c1-14(22(27)24-11-15-4-5-18-21(8-15)32-13-31-18)25-23(28)26-7-6-16-9-19(29-2)20(30-3)10-17(16)12-26/h4-5,8-10,14H,6-7,11-13H2,1-3H3,(H,24,27)(H,25,28)/t14-/m0/s1. The average Bonchev–Trinajstić information content (AvgIpc) is 3.28. The first-order chi connectivity index (χ1) is 15.5. The lowest BCUT2D eigenvalue weighted by Crippen LogP contribution is -2.50. The van der Waals surface area contributed by atoms with Gasteiger partial charge in [-0.25, -0.2) is 4.79 Å². The molecule has 0 fully saturated rings. The van der Waals surface area contributed by atoms with Crippen LogP contribution in [0.1, 0.15) is 23.6 Å². The van der Waals surface area contributed by atoms with Gasteiger partial charge >= 0.3 is 6.03 Å². The van der Waals surface area contributed by atoms with Crippen molar-refractivity contribution in [2.75, 3.05) is 27.6 Å². The highest BCUT2D eigenvalue weighted by Gasteiger charge is 2.25. The molecular formula is C23H27N3O6. The maximum atomic E-state index is 12.8. The van der Waals surface area contributed by atoms with E-state index in [-0.39, 0.29) is 18.7 Å². The summed E-state index contributed by atoms with van der Waals surface area (Å²) in [6, 6.07) is 8.41. The first kappa shape index (κ1) is 21.6. The quantitative estimate of drug-likeness (QED) is 0.713. The second-order valence-corrected chi connectivity index (χ2v) is 7.72. The number of nitrogens with zero attached hydrogens (tertiary/aromatic N) is 1. The second kappa shape index (κ2) is 9.25. The predicted molar refractivity (Wildman–Crippen MR) is 116 cm³/mol. The molecule has 2 aromatic carbocycles. The molecule has 0 aromatic heterocycles. The molecule has 1 atom stereocenters. The van der Waals surface area contributed by atoms with E-state index in [9.17, 15) is 9.59 Å². The SMILES string of the molecule is COc1cc2c(cc1OC)CN(C(=O)N[C@@H](C)C(=O)NCc1ccc3c(c1)OCO3)CC2. The minimum Gasteiger partial charge on any atom is -0.493 e. The Morgan fingerprint density at radius 2 is 1.78 bits per heavy atom. The minimum absolute atomic E-state index is 0.204. The van der Waals surface area contributed by atoms with E-state index in [4.69, 9.17) is 18.9 Å². The van der Waals surface area contributed by atoms with Crippen molar-refractivity contribution in [3.8, 4) is 23.0 Å². The number of methoxy groups -OCH3 is 2. The van der Waals surface area contributed by atoms with Crippen molar-refractivity contribution in [2.45, 2.75) is 32.5 Å². The van der Waals surface area contributed by atoms with Gasteiger partial charge in [-0.1, -0.05) is 6.07 Å². The van der Waals surface area contributed by atoms with E-state index in [0.29, 0.717) is 49.1 Å². The van der Waals surface area contributed by atoms with E-state index in [0.717, 1.165) is 16.7 Å². The van der Waals surface area contributed by atoms with Crippen LogP contribution in [0.5, 0.6) is 23.0 Å². The van der Waals surface area contributed by atoms with Crippen LogP contribution < -0.4 is 29.6 Å². The second-order valence-electron chi connectivity index (χ2n) is 7.72. The summed E-state index contributed by atoms with van der Waals surface area (Å²) < 4.78 is 21.4. The first-order valence-corrected chi connectivity index (χ1v) is 10.4. The van der Waals surface area contributed by atoms with Crippen LogP contribution in [-0.2, 0) is 24.3 Å². The normalized spacial score (nSPS) is 14.9. The molecule has 2 aliphatic heterocycles. The maximum Gasteiger partial charge on any atom is 0.318 e. The van der Waals surface area contributed by atoms with Gasteiger partial charge in [0.1, 0.15) is 6.04 Å². The molecule has 9 nitrogen and oxygen atoms in total. The predicted octanol–water partition coefficient (Wildman–Crippen LogP) is 2.21. The zero-order valence-corrected chi connectivity index (χ0v) is 18.4. The molecule has 2 aliphatic rings. The number of hydrogen-bond donors (Lipinski definition) is 2. The number of fused-ring (bicyclic) bond motifs is 2. The Hall–Kier alpha value is -3.62. The minimum atomic E-state index is -0.677. The first-order valence-electron chi connectivity index (χ1n) is 10.4. The number of benzene rings is 2. The zero-order chi connectivity index (χ0) is 22.7. The highest BCUT2D eigenvalue weighted by molar-refractivity contribution is 5.86. The molecule has 0 saturated heterocycles. The van der Waals surface area contributed by atoms with Crippen molar-refractivity contribution >= 4 is 11.9 Å². The van der Waals surface area contributed by atoms with Crippen LogP contribution in [0.2, 0.25) is 0 Å². The van der Waals surface area contributed by atoms with E-state index < -0.39 is 6.04 Å². The molecule has 0 saturated carbocycles. The lowest BCUT2D eigenvalue weighted by Gasteiger charge is -2.30. The van der Waals surface area contributed by atoms with E-state index in [2.05, 4.69) is 10.6 Å². The molecule has 0 aliphatic carbocycles. The van der Waals surface area contributed by atoms with Crippen LogP contribution in [0.15, 0.2) is 30.3 Å². The van der Waals surface area contributed by atoms with Crippen molar-refractivity contribution in [1.29, 1.82) is 0 Å². The van der Waals surface area contributed by atoms with E-state index in [1.54, 1.807) is 26.0 Å². The molecule has 3 amide bonds. The zero-order valence-electron chi connectivity index (χ0n) is 18.4. The summed E-state index contributed by atoms with van der Waals surface area (Å²) in [4.78, 5) is 26.9. The van der Waals surface area contributed by atoms with Gasteiger partial charge in [-0.3, -0.25) is 4.79 Å². The van der Waals surface area contributed by atoms with Gasteiger partial charge in [0, 0.05) is 19.6 Å². The van der Waals surface area contributed by atoms with Crippen LogP contribution in [0.4, 0.5) is 4.79 Å². The number of carbonyl (C=O) groups is 2. The average molecular weight is 441 g/mol. The van der Waals surface area contributed by atoms with Crippen molar-refractivity contribution < 1.29 is 28.5 Å². The molecule has 2 aromatic rings. The van der Waals surface area contributed by atoms with Crippen LogP contribution in [0.25, 0.3) is 0 Å². The molecule has 2 N–H and O–H groups in total. The van der Waals surface area contributed by atoms with Gasteiger partial charge in [0.05, 0.1) is 14.2 Å². The number of carbonyl (C=O) groups excluding carboxylic acids is 2. The number of nitrogens with one attached hydrogen (secondary N) is 2. The molecule has 32 heavy (non-hydrogen) atoms. The fourth-order valence-corrected chi connectivity index (χ4v) is 3.79. The topological polar surface area (TPSA) is 98.4 Å². The van der Waals surface area contributed by atoms with Crippen molar-refractivity contribution in [3.05, 3.63) is 47.0 Å². The molecule has 0 bridgehead atoms. The third kappa shape index (κ3) is 4.51. The summed E-state index contributed by atoms with van der Waals surface area (Å²) in [5, 5.41) is 5.63. The largest absolute Gasteiger partial charge is 0.493 e. The fourth-order valence-electron chi connectivity index (χ4n) is 3.79. The van der Waals surface area contributed by atoms with Gasteiger partial charge in [0.2, 0.25) is 12.7 Å². The van der Waals surface area contributed by atoms with Crippen molar-refractivity contribution in [3.63, 3.8) is 0 Å². The lowest BCUT2D eigenvalue weighted by molar-refractivity contribution is -0.122. The molecule has 4 rings (SSSR count). The third-order valence-electron chi connectivity index (χ3n) is 5.64. The monoisotopic (exact) mass is 441 g/mol. The Labute approximate surface area is 186 Å². The van der Waals surface area contributed by atoms with E-state index in [1.165, 1.54) is 0 Å². The third-order valence-corrected chi connectivity index (χ3v) is 5.64. The number of ether oxygens (including phenoxy) is 4.